The minimum atomic E-state index is -0.218. The lowest BCUT2D eigenvalue weighted by molar-refractivity contribution is 0.0951. The zero-order chi connectivity index (χ0) is 15.5. The lowest BCUT2D eigenvalue weighted by Gasteiger charge is -2.08. The summed E-state index contributed by atoms with van der Waals surface area (Å²) < 4.78 is 0. The number of hydrogen-bond donors (Lipinski definition) is 2. The summed E-state index contributed by atoms with van der Waals surface area (Å²) in [5, 5.41) is 5.76. The molecular weight excluding hydrogens is 276 g/mol. The fourth-order valence-electron chi connectivity index (χ4n) is 2.14. The van der Waals surface area contributed by atoms with E-state index in [1.165, 1.54) is 0 Å². The van der Waals surface area contributed by atoms with Gasteiger partial charge in [0.25, 0.3) is 11.8 Å². The fourth-order valence-corrected chi connectivity index (χ4v) is 2.14. The third-order valence-corrected chi connectivity index (χ3v) is 3.61. The molecule has 0 aliphatic heterocycles. The van der Waals surface area contributed by atoms with E-state index in [0.717, 1.165) is 24.1 Å². The second-order valence-corrected chi connectivity index (χ2v) is 5.65. The zero-order valence-electron chi connectivity index (χ0n) is 12.4. The summed E-state index contributed by atoms with van der Waals surface area (Å²) in [6, 6.07) is 14.7. The zero-order valence-corrected chi connectivity index (χ0v) is 12.4. The summed E-state index contributed by atoms with van der Waals surface area (Å²) in [6.45, 7) is 1.99. The highest BCUT2D eigenvalue weighted by Crippen LogP contribution is 2.19. The molecule has 2 amide bonds. The largest absolute Gasteiger partial charge is 0.349 e. The van der Waals surface area contributed by atoms with Gasteiger partial charge < -0.3 is 10.6 Å². The van der Waals surface area contributed by atoms with Gasteiger partial charge in [0.2, 0.25) is 0 Å². The van der Waals surface area contributed by atoms with Crippen LogP contribution in [0.2, 0.25) is 0 Å². The molecule has 4 heteroatoms. The highest BCUT2D eigenvalue weighted by atomic mass is 16.2. The van der Waals surface area contributed by atoms with Gasteiger partial charge >= 0.3 is 0 Å². The molecule has 2 aromatic carbocycles. The van der Waals surface area contributed by atoms with Crippen LogP contribution in [-0.4, -0.2) is 17.9 Å². The van der Waals surface area contributed by atoms with Gasteiger partial charge in [-0.05, 0) is 50.1 Å². The summed E-state index contributed by atoms with van der Waals surface area (Å²) in [4.78, 5) is 24.3. The van der Waals surface area contributed by atoms with Crippen molar-refractivity contribution in [2.75, 3.05) is 5.32 Å². The first-order valence-corrected chi connectivity index (χ1v) is 7.41. The molecule has 3 rings (SSSR count). The Morgan fingerprint density at radius 1 is 0.955 bits per heavy atom. The first kappa shape index (κ1) is 14.3. The maximum Gasteiger partial charge on any atom is 0.255 e. The lowest BCUT2D eigenvalue weighted by Crippen LogP contribution is -2.25. The van der Waals surface area contributed by atoms with E-state index in [2.05, 4.69) is 10.6 Å². The predicted octanol–water partition coefficient (Wildman–Crippen LogP) is 3.14. The molecule has 1 saturated carbocycles. The van der Waals surface area contributed by atoms with Crippen molar-refractivity contribution in [3.05, 3.63) is 65.2 Å². The number of amides is 2. The van der Waals surface area contributed by atoms with Gasteiger partial charge in [-0.25, -0.2) is 0 Å². The van der Waals surface area contributed by atoms with Gasteiger partial charge in [-0.1, -0.05) is 23.8 Å². The molecule has 0 unspecified atom stereocenters. The van der Waals surface area contributed by atoms with E-state index < -0.39 is 0 Å². The van der Waals surface area contributed by atoms with Crippen molar-refractivity contribution in [1.29, 1.82) is 0 Å². The lowest BCUT2D eigenvalue weighted by atomic mass is 10.1. The number of hydrogen-bond acceptors (Lipinski definition) is 2. The van der Waals surface area contributed by atoms with Gasteiger partial charge in [-0.3, -0.25) is 9.59 Å². The van der Waals surface area contributed by atoms with E-state index in [9.17, 15) is 9.59 Å². The van der Waals surface area contributed by atoms with Gasteiger partial charge in [0.1, 0.15) is 0 Å². The van der Waals surface area contributed by atoms with Crippen LogP contribution in [0, 0.1) is 6.92 Å². The van der Waals surface area contributed by atoms with E-state index >= 15 is 0 Å². The van der Waals surface area contributed by atoms with E-state index in [1.54, 1.807) is 24.3 Å². The normalized spacial score (nSPS) is 13.5. The molecular formula is C18H18N2O2. The minimum absolute atomic E-state index is 0.118. The molecule has 0 atom stereocenters. The van der Waals surface area contributed by atoms with Crippen LogP contribution in [0.3, 0.4) is 0 Å². The molecule has 0 radical (unpaired) electrons. The third-order valence-electron chi connectivity index (χ3n) is 3.61. The first-order chi connectivity index (χ1) is 10.6. The Kier molecular flexibility index (Phi) is 3.92. The number of aryl methyl sites for hydroxylation is 1. The number of carbonyl (C=O) groups is 2. The molecule has 112 valence electrons. The molecule has 2 N–H and O–H groups in total. The fraction of sp³-hybridized carbons (Fsp3) is 0.222. The standard InChI is InChI=1S/C18H18N2O2/c1-12-5-7-15(8-6-12)19-17(21)13-3-2-4-14(11-13)18(22)20-16-9-10-16/h2-8,11,16H,9-10H2,1H3,(H,19,21)(H,20,22). The van der Waals surface area contributed by atoms with Crippen LogP contribution >= 0.6 is 0 Å². The summed E-state index contributed by atoms with van der Waals surface area (Å²) in [6.07, 6.45) is 2.08. The molecule has 0 spiro atoms. The minimum Gasteiger partial charge on any atom is -0.349 e. The van der Waals surface area contributed by atoms with Crippen molar-refractivity contribution in [1.82, 2.24) is 5.32 Å². The predicted molar refractivity (Wildman–Crippen MR) is 86.1 cm³/mol. The molecule has 4 nitrogen and oxygen atoms in total. The van der Waals surface area contributed by atoms with Crippen molar-refractivity contribution >= 4 is 17.5 Å². The van der Waals surface area contributed by atoms with E-state index in [4.69, 9.17) is 0 Å². The van der Waals surface area contributed by atoms with Crippen LogP contribution in [0.15, 0.2) is 48.5 Å². The van der Waals surface area contributed by atoms with Crippen LogP contribution in [0.1, 0.15) is 39.1 Å². The van der Waals surface area contributed by atoms with Crippen LogP contribution in [0.25, 0.3) is 0 Å². The molecule has 22 heavy (non-hydrogen) atoms. The second kappa shape index (κ2) is 6.02. The average Bonchev–Trinajstić information content (AvgIpc) is 3.33. The summed E-state index contributed by atoms with van der Waals surface area (Å²) in [5.74, 6) is -0.336. The SMILES string of the molecule is Cc1ccc(NC(=O)c2cccc(C(=O)NC3CC3)c2)cc1. The highest BCUT2D eigenvalue weighted by Gasteiger charge is 2.24. The number of benzene rings is 2. The Balaban J connectivity index is 1.71. The highest BCUT2D eigenvalue weighted by molar-refractivity contribution is 6.06. The van der Waals surface area contributed by atoms with Gasteiger partial charge in [-0.15, -0.1) is 0 Å². The molecule has 1 aliphatic rings. The quantitative estimate of drug-likeness (QED) is 0.910. The first-order valence-electron chi connectivity index (χ1n) is 7.41. The van der Waals surface area contributed by atoms with Gasteiger partial charge in [0, 0.05) is 22.9 Å². The molecule has 1 aliphatic carbocycles. The Morgan fingerprint density at radius 2 is 1.59 bits per heavy atom. The van der Waals surface area contributed by atoms with Crippen molar-refractivity contribution in [2.24, 2.45) is 0 Å². The Hall–Kier alpha value is -2.62. The van der Waals surface area contributed by atoms with Gasteiger partial charge in [0.05, 0.1) is 0 Å². The molecule has 0 bridgehead atoms. The smallest absolute Gasteiger partial charge is 0.255 e. The molecule has 0 heterocycles. The van der Waals surface area contributed by atoms with Crippen LogP contribution in [-0.2, 0) is 0 Å². The monoisotopic (exact) mass is 294 g/mol. The molecule has 0 aromatic heterocycles. The van der Waals surface area contributed by atoms with Gasteiger partial charge in [0.15, 0.2) is 0 Å². The Labute approximate surface area is 129 Å². The summed E-state index contributed by atoms with van der Waals surface area (Å²) in [7, 11) is 0. The van der Waals surface area contributed by atoms with Crippen molar-refractivity contribution in [2.45, 2.75) is 25.8 Å². The molecule has 1 fully saturated rings. The number of anilines is 1. The maximum atomic E-state index is 12.3. The second-order valence-electron chi connectivity index (χ2n) is 5.65. The average molecular weight is 294 g/mol. The maximum absolute atomic E-state index is 12.3. The number of nitrogens with one attached hydrogen (secondary N) is 2. The van der Waals surface area contributed by atoms with E-state index in [0.29, 0.717) is 17.2 Å². The van der Waals surface area contributed by atoms with Crippen LogP contribution in [0.5, 0.6) is 0 Å². The summed E-state index contributed by atoms with van der Waals surface area (Å²) >= 11 is 0. The number of rotatable bonds is 4. The van der Waals surface area contributed by atoms with Gasteiger partial charge in [-0.2, -0.15) is 0 Å². The van der Waals surface area contributed by atoms with E-state index in [-0.39, 0.29) is 11.8 Å². The van der Waals surface area contributed by atoms with Crippen molar-refractivity contribution in [3.8, 4) is 0 Å². The Morgan fingerprint density at radius 3 is 2.23 bits per heavy atom. The molecule has 0 saturated heterocycles. The third kappa shape index (κ3) is 3.52. The van der Waals surface area contributed by atoms with Crippen LogP contribution < -0.4 is 10.6 Å². The topological polar surface area (TPSA) is 58.2 Å². The molecule has 2 aromatic rings. The van der Waals surface area contributed by atoms with E-state index in [1.807, 2.05) is 31.2 Å². The van der Waals surface area contributed by atoms with Crippen LogP contribution in [0.4, 0.5) is 5.69 Å². The number of carbonyl (C=O) groups excluding carboxylic acids is 2. The summed E-state index contributed by atoms with van der Waals surface area (Å²) in [5.41, 5.74) is 2.87. The Bertz CT molecular complexity index is 703. The van der Waals surface area contributed by atoms with Crippen molar-refractivity contribution in [3.63, 3.8) is 0 Å². The van der Waals surface area contributed by atoms with Crippen molar-refractivity contribution < 1.29 is 9.59 Å².